The van der Waals surface area contributed by atoms with E-state index in [1.165, 1.54) is 6.20 Å². The predicted octanol–water partition coefficient (Wildman–Crippen LogP) is 1.09. The Morgan fingerprint density at radius 1 is 1.50 bits per heavy atom. The van der Waals surface area contributed by atoms with Crippen molar-refractivity contribution >= 4 is 17.6 Å². The van der Waals surface area contributed by atoms with Gasteiger partial charge in [-0.25, -0.2) is 9.59 Å². The highest BCUT2D eigenvalue weighted by Gasteiger charge is 2.22. The number of H-pyrrole nitrogens is 1. The molecule has 18 heavy (non-hydrogen) atoms. The molecule has 0 saturated carbocycles. The van der Waals surface area contributed by atoms with Gasteiger partial charge in [-0.2, -0.15) is 0 Å². The molecule has 1 aromatic rings. The summed E-state index contributed by atoms with van der Waals surface area (Å²) in [7, 11) is 0. The van der Waals surface area contributed by atoms with Crippen LogP contribution < -0.4 is 11.2 Å². The van der Waals surface area contributed by atoms with Gasteiger partial charge in [0.2, 0.25) is 0 Å². The summed E-state index contributed by atoms with van der Waals surface area (Å²) in [5, 5.41) is -0.139. The van der Waals surface area contributed by atoms with E-state index in [2.05, 4.69) is 4.98 Å². The van der Waals surface area contributed by atoms with Crippen LogP contribution in [-0.2, 0) is 9.53 Å². The van der Waals surface area contributed by atoms with Crippen molar-refractivity contribution in [3.8, 4) is 0 Å². The SMILES string of the molecule is CCCC(C(=O)OCC)n1cc(Cl)c(=O)[nH]c1=O. The maximum absolute atomic E-state index is 11.8. The Balaban J connectivity index is 3.21. The molecule has 1 rings (SSSR count). The van der Waals surface area contributed by atoms with E-state index in [-0.39, 0.29) is 11.6 Å². The van der Waals surface area contributed by atoms with Crippen molar-refractivity contribution < 1.29 is 9.53 Å². The molecule has 0 saturated heterocycles. The number of esters is 1. The van der Waals surface area contributed by atoms with Gasteiger partial charge in [0, 0.05) is 6.20 Å². The Hall–Kier alpha value is -1.56. The smallest absolute Gasteiger partial charge is 0.329 e. The van der Waals surface area contributed by atoms with Crippen LogP contribution in [0.5, 0.6) is 0 Å². The number of hydrogen-bond acceptors (Lipinski definition) is 4. The predicted molar refractivity (Wildman–Crippen MR) is 66.9 cm³/mol. The van der Waals surface area contributed by atoms with Gasteiger partial charge in [-0.15, -0.1) is 0 Å². The molecule has 1 unspecified atom stereocenters. The first-order chi connectivity index (χ1) is 8.51. The number of nitrogens with zero attached hydrogens (tertiary/aromatic N) is 1. The van der Waals surface area contributed by atoms with Crippen molar-refractivity contribution in [1.29, 1.82) is 0 Å². The third-order valence-corrected chi connectivity index (χ3v) is 2.65. The number of ether oxygens (including phenoxy) is 1. The van der Waals surface area contributed by atoms with Crippen molar-refractivity contribution in [3.63, 3.8) is 0 Å². The van der Waals surface area contributed by atoms with Crippen molar-refractivity contribution in [2.45, 2.75) is 32.7 Å². The average molecular weight is 275 g/mol. The molecule has 0 amide bonds. The van der Waals surface area contributed by atoms with Crippen LogP contribution in [0.2, 0.25) is 5.02 Å². The van der Waals surface area contributed by atoms with Crippen LogP contribution in [0.4, 0.5) is 0 Å². The van der Waals surface area contributed by atoms with E-state index in [0.717, 1.165) is 4.57 Å². The van der Waals surface area contributed by atoms with E-state index >= 15 is 0 Å². The van der Waals surface area contributed by atoms with Gasteiger partial charge in [0.15, 0.2) is 0 Å². The third-order valence-electron chi connectivity index (χ3n) is 2.38. The minimum Gasteiger partial charge on any atom is -0.464 e. The van der Waals surface area contributed by atoms with Gasteiger partial charge >= 0.3 is 11.7 Å². The molecule has 1 atom stereocenters. The Bertz CT molecular complexity index is 535. The molecular formula is C11H15ClN2O4. The van der Waals surface area contributed by atoms with Crippen LogP contribution in [0.1, 0.15) is 32.7 Å². The molecule has 0 fully saturated rings. The van der Waals surface area contributed by atoms with Crippen molar-refractivity contribution in [2.75, 3.05) is 6.61 Å². The summed E-state index contributed by atoms with van der Waals surface area (Å²) < 4.78 is 6.00. The molecular weight excluding hydrogens is 260 g/mol. The summed E-state index contributed by atoms with van der Waals surface area (Å²) in [5.41, 5.74) is -1.34. The fourth-order valence-corrected chi connectivity index (χ4v) is 1.73. The minimum absolute atomic E-state index is 0.139. The number of halogens is 1. The highest BCUT2D eigenvalue weighted by atomic mass is 35.5. The maximum Gasteiger partial charge on any atom is 0.329 e. The molecule has 100 valence electrons. The van der Waals surface area contributed by atoms with Crippen LogP contribution in [-0.4, -0.2) is 22.1 Å². The maximum atomic E-state index is 11.8. The standard InChI is InChI=1S/C11H15ClN2O4/c1-3-5-8(10(16)18-4-2)14-6-7(12)9(15)13-11(14)17/h6,8H,3-5H2,1-2H3,(H,13,15,17). The Labute approximate surface area is 109 Å². The van der Waals surface area contributed by atoms with Crippen LogP contribution >= 0.6 is 11.6 Å². The third kappa shape index (κ3) is 3.22. The molecule has 0 spiro atoms. The van der Waals surface area contributed by atoms with Gasteiger partial charge in [-0.3, -0.25) is 14.3 Å². The van der Waals surface area contributed by atoms with Gasteiger partial charge in [0.1, 0.15) is 11.1 Å². The summed E-state index contributed by atoms with van der Waals surface area (Å²) >= 11 is 5.66. The summed E-state index contributed by atoms with van der Waals surface area (Å²) in [6.07, 6.45) is 2.29. The highest BCUT2D eigenvalue weighted by Crippen LogP contribution is 2.14. The fraction of sp³-hybridized carbons (Fsp3) is 0.545. The van der Waals surface area contributed by atoms with Crippen LogP contribution in [0.25, 0.3) is 0 Å². The fourth-order valence-electron chi connectivity index (χ4n) is 1.57. The largest absolute Gasteiger partial charge is 0.464 e. The lowest BCUT2D eigenvalue weighted by molar-refractivity contribution is -0.147. The van der Waals surface area contributed by atoms with Crippen LogP contribution in [0.15, 0.2) is 15.8 Å². The number of aromatic amines is 1. The van der Waals surface area contributed by atoms with Gasteiger partial charge in [-0.05, 0) is 13.3 Å². The average Bonchev–Trinajstić information content (AvgIpc) is 2.31. The molecule has 7 heteroatoms. The molecule has 0 aromatic carbocycles. The molecule has 1 heterocycles. The number of carbonyl (C=O) groups excluding carboxylic acids is 1. The van der Waals surface area contributed by atoms with Crippen molar-refractivity contribution in [1.82, 2.24) is 9.55 Å². The monoisotopic (exact) mass is 274 g/mol. The summed E-state index contributed by atoms with van der Waals surface area (Å²) in [6.45, 7) is 3.79. The van der Waals surface area contributed by atoms with Gasteiger partial charge in [-0.1, -0.05) is 24.9 Å². The first-order valence-corrected chi connectivity index (χ1v) is 6.06. The number of aromatic nitrogens is 2. The number of carbonyl (C=O) groups is 1. The Morgan fingerprint density at radius 3 is 2.72 bits per heavy atom. The zero-order valence-electron chi connectivity index (χ0n) is 10.2. The lowest BCUT2D eigenvalue weighted by Crippen LogP contribution is -2.36. The second kappa shape index (κ2) is 6.39. The van der Waals surface area contributed by atoms with E-state index in [0.29, 0.717) is 12.8 Å². The zero-order valence-corrected chi connectivity index (χ0v) is 11.0. The van der Waals surface area contributed by atoms with E-state index in [9.17, 15) is 14.4 Å². The van der Waals surface area contributed by atoms with Crippen LogP contribution in [0, 0.1) is 0 Å². The van der Waals surface area contributed by atoms with E-state index in [4.69, 9.17) is 16.3 Å². The second-order valence-corrected chi connectivity index (χ2v) is 4.11. The van der Waals surface area contributed by atoms with Gasteiger partial charge < -0.3 is 4.74 Å². The zero-order chi connectivity index (χ0) is 13.7. The molecule has 0 aliphatic heterocycles. The number of nitrogens with one attached hydrogen (secondary N) is 1. The van der Waals surface area contributed by atoms with Crippen molar-refractivity contribution in [3.05, 3.63) is 32.1 Å². The second-order valence-electron chi connectivity index (χ2n) is 3.70. The van der Waals surface area contributed by atoms with E-state index in [1.807, 2.05) is 6.92 Å². The molecule has 0 aliphatic carbocycles. The quantitative estimate of drug-likeness (QED) is 0.815. The Kier molecular flexibility index (Phi) is 5.15. The van der Waals surface area contributed by atoms with Gasteiger partial charge in [0.25, 0.3) is 5.56 Å². The number of rotatable bonds is 5. The topological polar surface area (TPSA) is 81.2 Å². The van der Waals surface area contributed by atoms with E-state index in [1.54, 1.807) is 6.92 Å². The molecule has 0 bridgehead atoms. The summed E-state index contributed by atoms with van der Waals surface area (Å²) in [5.74, 6) is -0.510. The normalized spacial score (nSPS) is 12.2. The summed E-state index contributed by atoms with van der Waals surface area (Å²) in [4.78, 5) is 36.6. The summed E-state index contributed by atoms with van der Waals surface area (Å²) in [6, 6.07) is -0.767. The van der Waals surface area contributed by atoms with Crippen LogP contribution in [0.3, 0.4) is 0 Å². The number of hydrogen-bond donors (Lipinski definition) is 1. The van der Waals surface area contributed by atoms with Crippen molar-refractivity contribution in [2.24, 2.45) is 0 Å². The Morgan fingerprint density at radius 2 is 2.17 bits per heavy atom. The van der Waals surface area contributed by atoms with E-state index < -0.39 is 23.3 Å². The molecule has 1 aromatic heterocycles. The lowest BCUT2D eigenvalue weighted by Gasteiger charge is -2.17. The molecule has 0 aliphatic rings. The minimum atomic E-state index is -0.767. The van der Waals surface area contributed by atoms with Gasteiger partial charge in [0.05, 0.1) is 6.61 Å². The molecule has 1 N–H and O–H groups in total. The lowest BCUT2D eigenvalue weighted by atomic mass is 10.1. The molecule has 6 nitrogen and oxygen atoms in total. The molecule has 0 radical (unpaired) electrons. The first kappa shape index (κ1) is 14.5. The first-order valence-electron chi connectivity index (χ1n) is 5.68. The highest BCUT2D eigenvalue weighted by molar-refractivity contribution is 6.30.